The minimum Gasteiger partial charge on any atom is -0.458 e. The first kappa shape index (κ1) is 11.4. The van der Waals surface area contributed by atoms with Crippen LogP contribution in [0.2, 0.25) is 0 Å². The molecule has 2 N–H and O–H groups in total. The minimum atomic E-state index is -0.405. The molecule has 1 aromatic carbocycles. The molecule has 0 bridgehead atoms. The van der Waals surface area contributed by atoms with E-state index in [4.69, 9.17) is 10.2 Å². The Morgan fingerprint density at radius 1 is 1.28 bits per heavy atom. The van der Waals surface area contributed by atoms with Crippen LogP contribution in [0.5, 0.6) is 0 Å². The molecule has 5 heteroatoms. The summed E-state index contributed by atoms with van der Waals surface area (Å²) in [5.41, 5.74) is 7.60. The molecule has 3 rings (SSSR count). The molecule has 0 aliphatic heterocycles. The molecule has 90 valence electrons. The number of nitrogens with two attached hydrogens (primary N) is 1. The highest BCUT2D eigenvalue weighted by molar-refractivity contribution is 9.10. The van der Waals surface area contributed by atoms with E-state index in [-0.39, 0.29) is 0 Å². The van der Waals surface area contributed by atoms with Gasteiger partial charge in [0.05, 0.1) is 16.4 Å². The second kappa shape index (κ2) is 4.51. The number of hydrogen-bond donors (Lipinski definition) is 1. The highest BCUT2D eigenvalue weighted by Gasteiger charge is 2.16. The van der Waals surface area contributed by atoms with Crippen molar-refractivity contribution in [3.8, 4) is 0 Å². The monoisotopic (exact) mass is 303 g/mol. The van der Waals surface area contributed by atoms with Gasteiger partial charge in [0.25, 0.3) is 0 Å². The van der Waals surface area contributed by atoms with Gasteiger partial charge in [-0.3, -0.25) is 9.97 Å². The smallest absolute Gasteiger partial charge is 0.148 e. The predicted octanol–water partition coefficient (Wildman–Crippen LogP) is 3.03. The molecule has 2 heterocycles. The summed E-state index contributed by atoms with van der Waals surface area (Å²) in [4.78, 5) is 8.20. The molecule has 3 aromatic rings. The fraction of sp³-hybridized carbons (Fsp3) is 0.0769. The molecule has 1 atom stereocenters. The zero-order valence-corrected chi connectivity index (χ0v) is 11.0. The van der Waals surface area contributed by atoms with E-state index in [0.717, 1.165) is 15.4 Å². The van der Waals surface area contributed by atoms with Gasteiger partial charge < -0.3 is 10.2 Å². The minimum absolute atomic E-state index is 0.405. The van der Waals surface area contributed by atoms with E-state index in [1.54, 1.807) is 18.6 Å². The van der Waals surface area contributed by atoms with Crippen molar-refractivity contribution in [2.75, 3.05) is 0 Å². The fourth-order valence-corrected chi connectivity index (χ4v) is 2.28. The molecule has 0 spiro atoms. The van der Waals surface area contributed by atoms with Gasteiger partial charge in [0.15, 0.2) is 0 Å². The Kier molecular flexibility index (Phi) is 2.85. The van der Waals surface area contributed by atoms with Crippen molar-refractivity contribution >= 4 is 26.9 Å². The predicted molar refractivity (Wildman–Crippen MR) is 72.0 cm³/mol. The van der Waals surface area contributed by atoms with Gasteiger partial charge in [0.1, 0.15) is 17.4 Å². The highest BCUT2D eigenvalue weighted by Crippen LogP contribution is 2.30. The molecule has 1 unspecified atom stereocenters. The Morgan fingerprint density at radius 3 is 2.89 bits per heavy atom. The zero-order valence-electron chi connectivity index (χ0n) is 9.38. The Balaban J connectivity index is 2.07. The quantitative estimate of drug-likeness (QED) is 0.790. The summed E-state index contributed by atoms with van der Waals surface area (Å²) >= 11 is 3.45. The number of para-hydroxylation sites is 1. The average Bonchev–Trinajstić information content (AvgIpc) is 2.84. The van der Waals surface area contributed by atoms with Crippen LogP contribution in [0.3, 0.4) is 0 Å². The molecule has 0 saturated carbocycles. The van der Waals surface area contributed by atoms with E-state index in [0.29, 0.717) is 11.5 Å². The molecule has 0 radical (unpaired) electrons. The lowest BCUT2D eigenvalue weighted by atomic mass is 10.1. The summed E-state index contributed by atoms with van der Waals surface area (Å²) in [5.74, 6) is 0.678. The van der Waals surface area contributed by atoms with Crippen molar-refractivity contribution in [1.82, 2.24) is 9.97 Å². The van der Waals surface area contributed by atoms with Crippen molar-refractivity contribution in [2.24, 2.45) is 5.73 Å². The average molecular weight is 304 g/mol. The Morgan fingerprint density at radius 2 is 2.17 bits per heavy atom. The summed E-state index contributed by atoms with van der Waals surface area (Å²) in [5, 5.41) is 1.01. The van der Waals surface area contributed by atoms with Gasteiger partial charge in [-0.25, -0.2) is 0 Å². The van der Waals surface area contributed by atoms with Crippen LogP contribution >= 0.6 is 15.9 Å². The maximum absolute atomic E-state index is 6.12. The normalized spacial score (nSPS) is 12.8. The van der Waals surface area contributed by atoms with Crippen molar-refractivity contribution in [1.29, 1.82) is 0 Å². The van der Waals surface area contributed by atoms with Gasteiger partial charge in [0, 0.05) is 17.8 Å². The van der Waals surface area contributed by atoms with Gasteiger partial charge in [-0.15, -0.1) is 0 Å². The van der Waals surface area contributed by atoms with Crippen molar-refractivity contribution in [3.63, 3.8) is 0 Å². The van der Waals surface area contributed by atoms with Crippen LogP contribution < -0.4 is 5.73 Å². The van der Waals surface area contributed by atoms with Crippen LogP contribution in [-0.2, 0) is 0 Å². The third-order valence-electron chi connectivity index (χ3n) is 2.72. The molecule has 0 saturated heterocycles. The lowest BCUT2D eigenvalue weighted by Crippen LogP contribution is -2.12. The lowest BCUT2D eigenvalue weighted by molar-refractivity contribution is 0.519. The number of rotatable bonds is 2. The summed E-state index contributed by atoms with van der Waals surface area (Å²) < 4.78 is 6.69. The Hall–Kier alpha value is -1.72. The molecule has 4 nitrogen and oxygen atoms in total. The molecular weight excluding hydrogens is 294 g/mol. The number of halogens is 1. The van der Waals surface area contributed by atoms with E-state index >= 15 is 0 Å². The zero-order chi connectivity index (χ0) is 12.5. The van der Waals surface area contributed by atoms with E-state index < -0.39 is 6.04 Å². The number of furan rings is 1. The maximum atomic E-state index is 6.12. The van der Waals surface area contributed by atoms with Gasteiger partial charge in [-0.2, -0.15) is 0 Å². The van der Waals surface area contributed by atoms with Crippen molar-refractivity contribution in [3.05, 3.63) is 58.8 Å². The van der Waals surface area contributed by atoms with Crippen molar-refractivity contribution < 1.29 is 4.42 Å². The molecule has 18 heavy (non-hydrogen) atoms. The SMILES string of the molecule is NC(c1cnccn1)c1cc2cccc(Br)c2o1. The van der Waals surface area contributed by atoms with Gasteiger partial charge in [-0.05, 0) is 28.1 Å². The highest BCUT2D eigenvalue weighted by atomic mass is 79.9. The first-order valence-corrected chi connectivity index (χ1v) is 6.24. The van der Waals surface area contributed by atoms with Crippen LogP contribution in [0.25, 0.3) is 11.0 Å². The second-order valence-corrected chi connectivity index (χ2v) is 4.77. The molecule has 2 aromatic heterocycles. The van der Waals surface area contributed by atoms with E-state index in [9.17, 15) is 0 Å². The van der Waals surface area contributed by atoms with Crippen LogP contribution in [0, 0.1) is 0 Å². The fourth-order valence-electron chi connectivity index (χ4n) is 1.82. The largest absolute Gasteiger partial charge is 0.458 e. The molecular formula is C13H10BrN3O. The lowest BCUT2D eigenvalue weighted by Gasteiger charge is -2.06. The standard InChI is InChI=1S/C13H10BrN3O/c14-9-3-1-2-8-6-11(18-13(8)9)12(15)10-7-16-4-5-17-10/h1-7,12H,15H2. The second-order valence-electron chi connectivity index (χ2n) is 3.91. The number of aromatic nitrogens is 2. The third-order valence-corrected chi connectivity index (χ3v) is 3.35. The van der Waals surface area contributed by atoms with Crippen LogP contribution in [-0.4, -0.2) is 9.97 Å². The summed E-state index contributed by atoms with van der Waals surface area (Å²) in [6.45, 7) is 0. The number of fused-ring (bicyclic) bond motifs is 1. The summed E-state index contributed by atoms with van der Waals surface area (Å²) in [6.07, 6.45) is 4.88. The molecule has 0 fully saturated rings. The first-order chi connectivity index (χ1) is 8.75. The van der Waals surface area contributed by atoms with Gasteiger partial charge in [-0.1, -0.05) is 12.1 Å². The van der Waals surface area contributed by atoms with E-state index in [1.807, 2.05) is 24.3 Å². The number of nitrogens with zero attached hydrogens (tertiary/aromatic N) is 2. The molecule has 0 aliphatic carbocycles. The molecule has 0 aliphatic rings. The number of hydrogen-bond acceptors (Lipinski definition) is 4. The van der Waals surface area contributed by atoms with Gasteiger partial charge in [0.2, 0.25) is 0 Å². The summed E-state index contributed by atoms with van der Waals surface area (Å²) in [6, 6.07) is 7.40. The summed E-state index contributed by atoms with van der Waals surface area (Å²) in [7, 11) is 0. The van der Waals surface area contributed by atoms with Crippen LogP contribution in [0.4, 0.5) is 0 Å². The maximum Gasteiger partial charge on any atom is 0.148 e. The van der Waals surface area contributed by atoms with E-state index in [2.05, 4.69) is 25.9 Å². The van der Waals surface area contributed by atoms with Gasteiger partial charge >= 0.3 is 0 Å². The van der Waals surface area contributed by atoms with Crippen LogP contribution in [0.1, 0.15) is 17.5 Å². The Labute approximate surface area is 112 Å². The third kappa shape index (κ3) is 1.91. The first-order valence-electron chi connectivity index (χ1n) is 5.45. The number of benzene rings is 1. The van der Waals surface area contributed by atoms with E-state index in [1.165, 1.54) is 0 Å². The Bertz CT molecular complexity index is 681. The topological polar surface area (TPSA) is 64.9 Å². The van der Waals surface area contributed by atoms with Crippen LogP contribution in [0.15, 0.2) is 51.7 Å². The van der Waals surface area contributed by atoms with Crippen molar-refractivity contribution in [2.45, 2.75) is 6.04 Å². The molecule has 0 amide bonds.